The third-order valence-corrected chi connectivity index (χ3v) is 2.08. The highest BCUT2D eigenvalue weighted by Gasteiger charge is 2.11. The van der Waals surface area contributed by atoms with Crippen LogP contribution in [0, 0.1) is 6.92 Å². The number of hydrogen-bond donors (Lipinski definition) is 0. The molecule has 1 heterocycles. The summed E-state index contributed by atoms with van der Waals surface area (Å²) in [6, 6.07) is 1.69. The van der Waals surface area contributed by atoms with Gasteiger partial charge in [-0.2, -0.15) is 4.98 Å². The third kappa shape index (κ3) is 3.90. The zero-order valence-corrected chi connectivity index (χ0v) is 10.6. The highest BCUT2D eigenvalue weighted by molar-refractivity contribution is 5.75. The van der Waals surface area contributed by atoms with Crippen LogP contribution in [0.4, 0.5) is 5.82 Å². The van der Waals surface area contributed by atoms with Gasteiger partial charge in [0.1, 0.15) is 18.2 Å². The lowest BCUT2D eigenvalue weighted by atomic mass is 10.4. The Bertz CT molecular complexity index is 396. The van der Waals surface area contributed by atoms with Crippen LogP contribution >= 0.6 is 0 Å². The molecule has 6 nitrogen and oxygen atoms in total. The van der Waals surface area contributed by atoms with Crippen molar-refractivity contribution >= 4 is 11.8 Å². The monoisotopic (exact) mass is 239 g/mol. The standard InChI is InChI=1S/C11H17N3O3/c1-5-17-10-6-9(12-8(2)13-10)14(3)7-11(15)16-4/h6H,5,7H2,1-4H3. The van der Waals surface area contributed by atoms with E-state index in [1.165, 1.54) is 7.11 Å². The molecule has 0 amide bonds. The lowest BCUT2D eigenvalue weighted by Gasteiger charge is -2.17. The third-order valence-electron chi connectivity index (χ3n) is 2.08. The second-order valence-electron chi connectivity index (χ2n) is 3.48. The van der Waals surface area contributed by atoms with E-state index in [4.69, 9.17) is 4.74 Å². The molecule has 0 atom stereocenters. The minimum Gasteiger partial charge on any atom is -0.478 e. The first-order chi connectivity index (χ1) is 8.06. The first-order valence-corrected chi connectivity index (χ1v) is 5.33. The number of likely N-dealkylation sites (N-methyl/N-ethyl adjacent to an activating group) is 1. The first kappa shape index (κ1) is 13.2. The molecule has 0 fully saturated rings. The number of anilines is 1. The maximum atomic E-state index is 11.2. The van der Waals surface area contributed by atoms with Gasteiger partial charge >= 0.3 is 5.97 Å². The molecule has 0 N–H and O–H groups in total. The molecule has 1 rings (SSSR count). The Morgan fingerprint density at radius 3 is 2.76 bits per heavy atom. The average molecular weight is 239 g/mol. The summed E-state index contributed by atoms with van der Waals surface area (Å²) in [5, 5.41) is 0. The van der Waals surface area contributed by atoms with Gasteiger partial charge in [-0.15, -0.1) is 0 Å². The van der Waals surface area contributed by atoms with Gasteiger partial charge in [0, 0.05) is 13.1 Å². The van der Waals surface area contributed by atoms with E-state index in [9.17, 15) is 4.79 Å². The average Bonchev–Trinajstić information content (AvgIpc) is 2.28. The lowest BCUT2D eigenvalue weighted by Crippen LogP contribution is -2.27. The smallest absolute Gasteiger partial charge is 0.325 e. The molecule has 0 aliphatic heterocycles. The second kappa shape index (κ2) is 6.03. The summed E-state index contributed by atoms with van der Waals surface area (Å²) in [5.74, 6) is 1.42. The van der Waals surface area contributed by atoms with E-state index in [0.717, 1.165) is 0 Å². The first-order valence-electron chi connectivity index (χ1n) is 5.33. The Kier molecular flexibility index (Phi) is 4.68. The van der Waals surface area contributed by atoms with Crippen LogP contribution in [0.15, 0.2) is 6.07 Å². The van der Waals surface area contributed by atoms with Crippen LogP contribution < -0.4 is 9.64 Å². The van der Waals surface area contributed by atoms with Crippen molar-refractivity contribution in [3.05, 3.63) is 11.9 Å². The number of nitrogens with zero attached hydrogens (tertiary/aromatic N) is 3. The quantitative estimate of drug-likeness (QED) is 0.708. The van der Waals surface area contributed by atoms with Gasteiger partial charge in [-0.25, -0.2) is 4.98 Å². The van der Waals surface area contributed by atoms with Gasteiger partial charge in [0.2, 0.25) is 5.88 Å². The molecule has 6 heteroatoms. The maximum Gasteiger partial charge on any atom is 0.325 e. The van der Waals surface area contributed by atoms with Crippen molar-refractivity contribution in [1.29, 1.82) is 0 Å². The molecule has 0 radical (unpaired) electrons. The van der Waals surface area contributed by atoms with Gasteiger partial charge in [-0.1, -0.05) is 0 Å². The maximum absolute atomic E-state index is 11.2. The van der Waals surface area contributed by atoms with Gasteiger partial charge in [0.25, 0.3) is 0 Å². The fourth-order valence-electron chi connectivity index (χ4n) is 1.28. The summed E-state index contributed by atoms with van der Waals surface area (Å²) in [5.41, 5.74) is 0. The van der Waals surface area contributed by atoms with Gasteiger partial charge in [-0.3, -0.25) is 4.79 Å². The van der Waals surface area contributed by atoms with Gasteiger partial charge in [0.15, 0.2) is 0 Å². The van der Waals surface area contributed by atoms with Crippen LogP contribution in [-0.2, 0) is 9.53 Å². The van der Waals surface area contributed by atoms with Gasteiger partial charge in [0.05, 0.1) is 13.7 Å². The summed E-state index contributed by atoms with van der Waals surface area (Å²) >= 11 is 0. The fraction of sp³-hybridized carbons (Fsp3) is 0.545. The molecule has 1 aromatic rings. The Morgan fingerprint density at radius 1 is 1.47 bits per heavy atom. The van der Waals surface area contributed by atoms with Crippen LogP contribution in [-0.4, -0.2) is 43.2 Å². The Morgan fingerprint density at radius 2 is 2.18 bits per heavy atom. The normalized spacial score (nSPS) is 9.88. The SMILES string of the molecule is CCOc1cc(N(C)CC(=O)OC)nc(C)n1. The van der Waals surface area contributed by atoms with Crippen molar-refractivity contribution in [2.45, 2.75) is 13.8 Å². The molecule has 0 bridgehead atoms. The highest BCUT2D eigenvalue weighted by Crippen LogP contribution is 2.16. The molecular weight excluding hydrogens is 222 g/mol. The number of methoxy groups -OCH3 is 1. The van der Waals surface area contributed by atoms with E-state index in [-0.39, 0.29) is 12.5 Å². The Labute approximate surface area is 101 Å². The summed E-state index contributed by atoms with van der Waals surface area (Å²) in [4.78, 5) is 21.2. The summed E-state index contributed by atoms with van der Waals surface area (Å²) in [6.45, 7) is 4.34. The number of hydrogen-bond acceptors (Lipinski definition) is 6. The zero-order chi connectivity index (χ0) is 12.8. The minimum absolute atomic E-state index is 0.137. The summed E-state index contributed by atoms with van der Waals surface area (Å²) < 4.78 is 9.91. The molecule has 0 aromatic carbocycles. The highest BCUT2D eigenvalue weighted by atomic mass is 16.5. The molecule has 17 heavy (non-hydrogen) atoms. The van der Waals surface area contributed by atoms with E-state index >= 15 is 0 Å². The minimum atomic E-state index is -0.318. The van der Waals surface area contributed by atoms with Crippen molar-refractivity contribution in [2.75, 3.05) is 32.2 Å². The van der Waals surface area contributed by atoms with Crippen molar-refractivity contribution in [1.82, 2.24) is 9.97 Å². The molecule has 94 valence electrons. The van der Waals surface area contributed by atoms with E-state index in [2.05, 4.69) is 14.7 Å². The van der Waals surface area contributed by atoms with E-state index in [0.29, 0.717) is 24.1 Å². The fourth-order valence-corrected chi connectivity index (χ4v) is 1.28. The number of aromatic nitrogens is 2. The number of rotatable bonds is 5. The number of esters is 1. The van der Waals surface area contributed by atoms with Crippen molar-refractivity contribution in [2.24, 2.45) is 0 Å². The second-order valence-corrected chi connectivity index (χ2v) is 3.48. The van der Waals surface area contributed by atoms with E-state index in [1.807, 2.05) is 6.92 Å². The largest absolute Gasteiger partial charge is 0.478 e. The summed E-state index contributed by atoms with van der Waals surface area (Å²) in [7, 11) is 3.11. The van der Waals surface area contributed by atoms with Crippen LogP contribution in [0.5, 0.6) is 5.88 Å². The molecule has 0 aliphatic rings. The van der Waals surface area contributed by atoms with E-state index < -0.39 is 0 Å². The van der Waals surface area contributed by atoms with Crippen LogP contribution in [0.2, 0.25) is 0 Å². The Hall–Kier alpha value is -1.85. The van der Waals surface area contributed by atoms with Crippen molar-refractivity contribution in [3.8, 4) is 5.88 Å². The van der Waals surface area contributed by atoms with Crippen LogP contribution in [0.1, 0.15) is 12.7 Å². The lowest BCUT2D eigenvalue weighted by molar-refractivity contribution is -0.138. The van der Waals surface area contributed by atoms with Gasteiger partial charge < -0.3 is 14.4 Å². The molecular formula is C11H17N3O3. The van der Waals surface area contributed by atoms with Crippen LogP contribution in [0.25, 0.3) is 0 Å². The van der Waals surface area contributed by atoms with Crippen LogP contribution in [0.3, 0.4) is 0 Å². The van der Waals surface area contributed by atoms with Gasteiger partial charge in [-0.05, 0) is 13.8 Å². The number of ether oxygens (including phenoxy) is 2. The van der Waals surface area contributed by atoms with Crippen molar-refractivity contribution in [3.63, 3.8) is 0 Å². The number of carbonyl (C=O) groups excluding carboxylic acids is 1. The molecule has 0 unspecified atom stereocenters. The molecule has 0 spiro atoms. The molecule has 0 saturated heterocycles. The topological polar surface area (TPSA) is 64.5 Å². The summed E-state index contributed by atoms with van der Waals surface area (Å²) in [6.07, 6.45) is 0. The number of carbonyl (C=O) groups is 1. The van der Waals surface area contributed by atoms with E-state index in [1.54, 1.807) is 24.9 Å². The predicted molar refractivity (Wildman–Crippen MR) is 63.2 cm³/mol. The van der Waals surface area contributed by atoms with Crippen molar-refractivity contribution < 1.29 is 14.3 Å². The molecule has 0 aliphatic carbocycles. The molecule has 0 saturated carbocycles. The predicted octanol–water partition coefficient (Wildman–Crippen LogP) is 0.793. The Balaban J connectivity index is 2.85. The number of aryl methyl sites for hydroxylation is 1. The zero-order valence-electron chi connectivity index (χ0n) is 10.6. The molecule has 1 aromatic heterocycles.